The van der Waals surface area contributed by atoms with Crippen LogP contribution in [0.15, 0.2) is 22.3 Å². The van der Waals surface area contributed by atoms with Gasteiger partial charge in [-0.05, 0) is 4.92 Å². The van der Waals surface area contributed by atoms with Gasteiger partial charge in [-0.15, -0.1) is 0 Å². The molecule has 0 aromatic heterocycles. The van der Waals surface area contributed by atoms with Crippen molar-refractivity contribution in [3.05, 3.63) is 22.4 Å². The van der Waals surface area contributed by atoms with Crippen LogP contribution >= 0.6 is 0 Å². The van der Waals surface area contributed by atoms with E-state index in [2.05, 4.69) is 16.6 Å². The van der Waals surface area contributed by atoms with Crippen LogP contribution in [0, 0.1) is 10.1 Å². The Hall–Kier alpha value is -1.52. The maximum absolute atomic E-state index is 9.87. The molecule has 1 aliphatic rings. The Balaban J connectivity index is 2.88. The Bertz CT molecular complexity index is 228. The summed E-state index contributed by atoms with van der Waals surface area (Å²) in [5.41, 5.74) is 0.321. The molecule has 0 spiro atoms. The molecule has 0 aliphatic carbocycles. The number of allylic oxidation sites excluding steroid dienone is 1. The molecular formula is C4H3N3O2. The van der Waals surface area contributed by atoms with E-state index in [1.54, 1.807) is 0 Å². The summed E-state index contributed by atoms with van der Waals surface area (Å²) in [5.74, 6) is -0.389. The van der Waals surface area contributed by atoms with Crippen LogP contribution in [0.5, 0.6) is 0 Å². The van der Waals surface area contributed by atoms with Crippen LogP contribution in [0.25, 0.3) is 0 Å². The van der Waals surface area contributed by atoms with Crippen LogP contribution in [0.2, 0.25) is 0 Å². The van der Waals surface area contributed by atoms with Gasteiger partial charge in [0.15, 0.2) is 5.70 Å². The second-order valence-corrected chi connectivity index (χ2v) is 1.42. The van der Waals surface area contributed by atoms with Gasteiger partial charge in [0.25, 0.3) is 0 Å². The fourth-order valence-electron chi connectivity index (χ4n) is 0.406. The van der Waals surface area contributed by atoms with Gasteiger partial charge in [-0.1, -0.05) is 16.6 Å². The average Bonchev–Trinajstić information content (AvgIpc) is 2.14. The van der Waals surface area contributed by atoms with Gasteiger partial charge in [-0.2, -0.15) is 0 Å². The second kappa shape index (κ2) is 1.77. The molecule has 0 fully saturated rings. The van der Waals surface area contributed by atoms with E-state index in [-0.39, 0.29) is 5.96 Å². The predicted octanol–water partition coefficient (Wildman–Crippen LogP) is 0.217. The quantitative estimate of drug-likeness (QED) is 0.343. The minimum atomic E-state index is -0.658. The molecule has 0 amide bonds. The third kappa shape index (κ3) is 0.987. The van der Waals surface area contributed by atoms with Crippen LogP contribution in [-0.2, 0) is 0 Å². The van der Waals surface area contributed by atoms with E-state index in [9.17, 15) is 10.1 Å². The first-order chi connectivity index (χ1) is 4.20. The lowest BCUT2D eigenvalue weighted by Gasteiger charge is -1.84. The zero-order valence-electron chi connectivity index (χ0n) is 4.44. The fraction of sp³-hybridized carbons (Fsp3) is 0. The molecule has 0 saturated carbocycles. The van der Waals surface area contributed by atoms with Gasteiger partial charge in [0.05, 0.1) is 0 Å². The molecule has 5 nitrogen and oxygen atoms in total. The molecule has 1 aliphatic heterocycles. The van der Waals surface area contributed by atoms with Gasteiger partial charge >= 0.3 is 5.96 Å². The Morgan fingerprint density at radius 1 is 1.78 bits per heavy atom. The van der Waals surface area contributed by atoms with E-state index in [4.69, 9.17) is 0 Å². The monoisotopic (exact) mass is 125 g/mol. The van der Waals surface area contributed by atoms with Crippen molar-refractivity contribution in [3.63, 3.8) is 0 Å². The number of nitrogens with zero attached hydrogens (tertiary/aromatic N) is 3. The van der Waals surface area contributed by atoms with Crippen molar-refractivity contribution in [1.82, 2.24) is 0 Å². The molecule has 0 aromatic carbocycles. The molecule has 0 aromatic rings. The van der Waals surface area contributed by atoms with E-state index >= 15 is 0 Å². The van der Waals surface area contributed by atoms with Crippen molar-refractivity contribution in [2.75, 3.05) is 0 Å². The first-order valence-electron chi connectivity index (χ1n) is 2.16. The van der Waals surface area contributed by atoms with Crippen LogP contribution in [0.1, 0.15) is 0 Å². The predicted molar refractivity (Wildman–Crippen MR) is 32.1 cm³/mol. The van der Waals surface area contributed by atoms with Gasteiger partial charge in [-0.3, -0.25) is 0 Å². The van der Waals surface area contributed by atoms with Gasteiger partial charge in [-0.25, -0.2) is 0 Å². The summed E-state index contributed by atoms with van der Waals surface area (Å²) >= 11 is 0. The van der Waals surface area contributed by atoms with Gasteiger partial charge in [0.2, 0.25) is 0 Å². The summed E-state index contributed by atoms with van der Waals surface area (Å²) in [7, 11) is 0. The maximum atomic E-state index is 9.87. The van der Waals surface area contributed by atoms with Gasteiger partial charge in [0.1, 0.15) is 6.21 Å². The number of hydrogen-bond donors (Lipinski definition) is 0. The average molecular weight is 125 g/mol. The summed E-state index contributed by atoms with van der Waals surface area (Å²) in [4.78, 5) is 15.9. The Kier molecular flexibility index (Phi) is 1.11. The van der Waals surface area contributed by atoms with Crippen molar-refractivity contribution in [2.24, 2.45) is 9.98 Å². The topological polar surface area (TPSA) is 67.9 Å². The van der Waals surface area contributed by atoms with Crippen molar-refractivity contribution in [1.29, 1.82) is 0 Å². The van der Waals surface area contributed by atoms with Crippen molar-refractivity contribution < 1.29 is 4.92 Å². The third-order valence-electron chi connectivity index (χ3n) is 0.736. The largest absolute Gasteiger partial charge is 0.469 e. The molecule has 9 heavy (non-hydrogen) atoms. The van der Waals surface area contributed by atoms with Gasteiger partial charge in [0, 0.05) is 0 Å². The lowest BCUT2D eigenvalue weighted by atomic mass is 10.6. The number of aliphatic imine (C=N–C) groups is 2. The molecular weight excluding hydrogens is 122 g/mol. The highest BCUT2D eigenvalue weighted by atomic mass is 16.6. The maximum Gasteiger partial charge on any atom is 0.469 e. The van der Waals surface area contributed by atoms with Crippen LogP contribution in [0.3, 0.4) is 0 Å². The summed E-state index contributed by atoms with van der Waals surface area (Å²) in [6.07, 6.45) is 1.25. The molecule has 0 unspecified atom stereocenters. The summed E-state index contributed by atoms with van der Waals surface area (Å²) in [6.45, 7) is 3.35. The summed E-state index contributed by atoms with van der Waals surface area (Å²) in [6, 6.07) is 0. The molecule has 46 valence electrons. The smallest absolute Gasteiger partial charge is 0.390 e. The van der Waals surface area contributed by atoms with Crippen molar-refractivity contribution in [3.8, 4) is 0 Å². The lowest BCUT2D eigenvalue weighted by molar-refractivity contribution is -0.351. The summed E-state index contributed by atoms with van der Waals surface area (Å²) < 4.78 is 0. The van der Waals surface area contributed by atoms with Gasteiger partial charge < -0.3 is 10.1 Å². The highest BCUT2D eigenvalue weighted by Crippen LogP contribution is 1.99. The molecule has 0 atom stereocenters. The summed E-state index contributed by atoms with van der Waals surface area (Å²) in [5, 5.41) is 9.87. The fourth-order valence-corrected chi connectivity index (χ4v) is 0.406. The molecule has 0 radical (unpaired) electrons. The van der Waals surface area contributed by atoms with E-state index in [1.165, 1.54) is 6.21 Å². The highest BCUT2D eigenvalue weighted by molar-refractivity contribution is 5.96. The minimum Gasteiger partial charge on any atom is -0.390 e. The molecule has 0 bridgehead atoms. The number of nitro groups is 1. The molecule has 1 heterocycles. The molecule has 0 saturated heterocycles. The SMILES string of the molecule is C=C1C=NC([N+](=O)[O-])=N1. The van der Waals surface area contributed by atoms with Crippen molar-refractivity contribution in [2.45, 2.75) is 0 Å². The van der Waals surface area contributed by atoms with Crippen molar-refractivity contribution >= 4 is 12.2 Å². The molecule has 1 rings (SSSR count). The molecule has 0 N–H and O–H groups in total. The second-order valence-electron chi connectivity index (χ2n) is 1.42. The zero-order valence-corrected chi connectivity index (χ0v) is 4.44. The number of hydrogen-bond acceptors (Lipinski definition) is 4. The van der Waals surface area contributed by atoms with E-state index in [1.807, 2.05) is 0 Å². The van der Waals surface area contributed by atoms with E-state index < -0.39 is 4.92 Å². The van der Waals surface area contributed by atoms with E-state index in [0.29, 0.717) is 5.70 Å². The lowest BCUT2D eigenvalue weighted by Crippen LogP contribution is -2.04. The highest BCUT2D eigenvalue weighted by Gasteiger charge is 2.16. The molecule has 5 heteroatoms. The minimum absolute atomic E-state index is 0.321. The first-order valence-corrected chi connectivity index (χ1v) is 2.16. The number of guanidine groups is 1. The van der Waals surface area contributed by atoms with Crippen LogP contribution < -0.4 is 0 Å². The Morgan fingerprint density at radius 2 is 2.44 bits per heavy atom. The standard InChI is InChI=1S/C4H3N3O2/c1-3-2-5-4(6-3)7(8)9/h2H,1H2. The Labute approximate surface area is 50.6 Å². The van der Waals surface area contributed by atoms with Crippen LogP contribution in [0.4, 0.5) is 0 Å². The zero-order chi connectivity index (χ0) is 6.85. The van der Waals surface area contributed by atoms with Crippen LogP contribution in [-0.4, -0.2) is 17.1 Å². The third-order valence-corrected chi connectivity index (χ3v) is 0.736. The normalized spacial score (nSPS) is 16.0. The van der Waals surface area contributed by atoms with E-state index in [0.717, 1.165) is 0 Å². The first kappa shape index (κ1) is 5.61. The Morgan fingerprint density at radius 3 is 2.67 bits per heavy atom. The number of rotatable bonds is 0.